The van der Waals surface area contributed by atoms with Gasteiger partial charge in [-0.25, -0.2) is 24.1 Å². The Hall–Kier alpha value is -4.92. The van der Waals surface area contributed by atoms with E-state index in [0.29, 0.717) is 17.3 Å². The Morgan fingerprint density at radius 1 is 1.02 bits per heavy atom. The van der Waals surface area contributed by atoms with Crippen LogP contribution < -0.4 is 16.0 Å². The van der Waals surface area contributed by atoms with Gasteiger partial charge in [-0.2, -0.15) is 15.5 Å². The first-order valence-corrected chi connectivity index (χ1v) is 13.2. The van der Waals surface area contributed by atoms with Crippen LogP contribution in [0.4, 0.5) is 22.1 Å². The highest BCUT2D eigenvalue weighted by Gasteiger charge is 2.29. The van der Waals surface area contributed by atoms with Crippen LogP contribution in [0.5, 0.6) is 0 Å². The van der Waals surface area contributed by atoms with Gasteiger partial charge in [-0.3, -0.25) is 0 Å². The number of carbonyl (C=O) groups excluding carboxylic acids is 1. The monoisotopic (exact) mass is 540 g/mol. The Balaban J connectivity index is 1.39. The van der Waals surface area contributed by atoms with Crippen molar-refractivity contribution in [1.82, 2.24) is 34.8 Å². The fraction of sp³-hybridized carbons (Fsp3) is 0.357. The number of nitriles is 1. The molecule has 0 spiro atoms. The van der Waals surface area contributed by atoms with E-state index in [4.69, 9.17) is 9.72 Å². The summed E-state index contributed by atoms with van der Waals surface area (Å²) in [4.78, 5) is 21.5. The minimum atomic E-state index is -0.577. The molecular formula is C28H32N10O2. The van der Waals surface area contributed by atoms with Crippen molar-refractivity contribution in [2.24, 2.45) is 0 Å². The van der Waals surface area contributed by atoms with Crippen LogP contribution in [-0.2, 0) is 4.74 Å². The molecule has 12 nitrogen and oxygen atoms in total. The summed E-state index contributed by atoms with van der Waals surface area (Å²) < 4.78 is 8.95. The first kappa shape index (κ1) is 26.7. The predicted octanol–water partition coefficient (Wildman–Crippen LogP) is 4.71. The van der Waals surface area contributed by atoms with Gasteiger partial charge in [-0.1, -0.05) is 12.8 Å². The van der Waals surface area contributed by atoms with Crippen LogP contribution in [0.2, 0.25) is 0 Å². The standard InChI is InChI=1S/C28H32N10O2/c1-28(2,3)40-27(39)35-23-9-5-4-8-22(23)34-25-18-30-24(17-29)26(36-25)33-19-14-20(37-12-6-10-31-37)16-21(15-19)38-13-7-11-32-38/h6-7,10-16,18,22-23H,4-5,8-9H2,1-3H3,(H,35,39)(H2,33,34,36)/t22-,23+/m1/s1. The van der Waals surface area contributed by atoms with Crippen molar-refractivity contribution < 1.29 is 9.53 Å². The molecule has 1 saturated carbocycles. The lowest BCUT2D eigenvalue weighted by Crippen LogP contribution is -2.49. The summed E-state index contributed by atoms with van der Waals surface area (Å²) in [6.45, 7) is 5.52. The second-order valence-corrected chi connectivity index (χ2v) is 10.6. The molecule has 0 radical (unpaired) electrons. The summed E-state index contributed by atoms with van der Waals surface area (Å²) in [6, 6.07) is 11.4. The molecule has 1 aliphatic rings. The van der Waals surface area contributed by atoms with Crippen LogP contribution >= 0.6 is 0 Å². The minimum absolute atomic E-state index is 0.0640. The van der Waals surface area contributed by atoms with E-state index in [2.05, 4.69) is 37.2 Å². The van der Waals surface area contributed by atoms with Gasteiger partial charge < -0.3 is 20.7 Å². The second kappa shape index (κ2) is 11.4. The van der Waals surface area contributed by atoms with Gasteiger partial charge in [-0.05, 0) is 63.9 Å². The smallest absolute Gasteiger partial charge is 0.407 e. The van der Waals surface area contributed by atoms with E-state index in [0.717, 1.165) is 37.1 Å². The molecule has 0 bridgehead atoms. The van der Waals surface area contributed by atoms with Gasteiger partial charge in [0.05, 0.1) is 23.6 Å². The van der Waals surface area contributed by atoms with Gasteiger partial charge in [0.25, 0.3) is 0 Å². The Morgan fingerprint density at radius 3 is 2.25 bits per heavy atom. The average Bonchev–Trinajstić information content (AvgIpc) is 3.64. The van der Waals surface area contributed by atoms with Gasteiger partial charge >= 0.3 is 6.09 Å². The molecule has 12 heteroatoms. The first-order chi connectivity index (χ1) is 19.3. The van der Waals surface area contributed by atoms with Gasteiger partial charge in [0.1, 0.15) is 17.5 Å². The van der Waals surface area contributed by atoms with Crippen molar-refractivity contribution in [1.29, 1.82) is 5.26 Å². The number of rotatable bonds is 7. The van der Waals surface area contributed by atoms with Crippen LogP contribution in [0.3, 0.4) is 0 Å². The quantitative estimate of drug-likeness (QED) is 0.303. The Labute approximate surface area is 232 Å². The van der Waals surface area contributed by atoms with Crippen molar-refractivity contribution in [2.45, 2.75) is 64.1 Å². The summed E-state index contributed by atoms with van der Waals surface area (Å²) in [7, 11) is 0. The molecule has 1 aliphatic carbocycles. The van der Waals surface area contributed by atoms with E-state index < -0.39 is 11.7 Å². The number of aromatic nitrogens is 6. The maximum atomic E-state index is 12.4. The highest BCUT2D eigenvalue weighted by Crippen LogP contribution is 2.27. The van der Waals surface area contributed by atoms with Crippen molar-refractivity contribution in [2.75, 3.05) is 10.6 Å². The number of ether oxygens (including phenoxy) is 1. The van der Waals surface area contributed by atoms with Gasteiger partial charge in [0.15, 0.2) is 11.5 Å². The predicted molar refractivity (Wildman–Crippen MR) is 150 cm³/mol. The lowest BCUT2D eigenvalue weighted by molar-refractivity contribution is 0.0488. The molecule has 4 aromatic rings. The van der Waals surface area contributed by atoms with Gasteiger partial charge in [0.2, 0.25) is 0 Å². The number of benzene rings is 1. The average molecular weight is 541 g/mol. The van der Waals surface area contributed by atoms with E-state index in [-0.39, 0.29) is 17.8 Å². The molecule has 40 heavy (non-hydrogen) atoms. The summed E-state index contributed by atoms with van der Waals surface area (Å²) >= 11 is 0. The molecular weight excluding hydrogens is 508 g/mol. The molecule has 5 rings (SSSR count). The lowest BCUT2D eigenvalue weighted by Gasteiger charge is -2.33. The number of hydrogen-bond acceptors (Lipinski definition) is 9. The normalized spacial score (nSPS) is 17.1. The largest absolute Gasteiger partial charge is 0.444 e. The molecule has 3 N–H and O–H groups in total. The molecule has 1 aromatic carbocycles. The summed E-state index contributed by atoms with van der Waals surface area (Å²) in [6.07, 6.45) is 11.9. The van der Waals surface area contributed by atoms with Gasteiger partial charge in [0, 0.05) is 36.5 Å². The zero-order valence-electron chi connectivity index (χ0n) is 22.7. The Bertz CT molecular complexity index is 1430. The lowest BCUT2D eigenvalue weighted by atomic mass is 9.90. The Morgan fingerprint density at radius 2 is 1.68 bits per heavy atom. The third-order valence-electron chi connectivity index (χ3n) is 6.38. The van der Waals surface area contributed by atoms with Gasteiger partial charge in [-0.15, -0.1) is 0 Å². The number of nitrogens with one attached hydrogen (secondary N) is 3. The van der Waals surface area contributed by atoms with Crippen molar-refractivity contribution in [3.63, 3.8) is 0 Å². The van der Waals surface area contributed by atoms with E-state index in [1.54, 1.807) is 21.8 Å². The second-order valence-electron chi connectivity index (χ2n) is 10.6. The fourth-order valence-corrected chi connectivity index (χ4v) is 4.66. The number of alkyl carbamates (subject to hydrolysis) is 1. The van der Waals surface area contributed by atoms with E-state index in [1.807, 2.05) is 63.5 Å². The fourth-order valence-electron chi connectivity index (χ4n) is 4.66. The first-order valence-electron chi connectivity index (χ1n) is 13.2. The summed E-state index contributed by atoms with van der Waals surface area (Å²) in [5, 5.41) is 28.1. The number of anilines is 3. The molecule has 0 aliphatic heterocycles. The molecule has 1 fully saturated rings. The minimum Gasteiger partial charge on any atom is -0.444 e. The van der Waals surface area contributed by atoms with E-state index in [9.17, 15) is 10.1 Å². The van der Waals surface area contributed by atoms with Crippen LogP contribution in [0.15, 0.2) is 61.3 Å². The third-order valence-corrected chi connectivity index (χ3v) is 6.38. The van der Waals surface area contributed by atoms with E-state index >= 15 is 0 Å². The Kier molecular flexibility index (Phi) is 7.63. The maximum absolute atomic E-state index is 12.4. The van der Waals surface area contributed by atoms with Crippen LogP contribution in [-0.4, -0.2) is 53.3 Å². The summed E-state index contributed by atoms with van der Waals surface area (Å²) in [5.41, 5.74) is 1.87. The van der Waals surface area contributed by atoms with E-state index in [1.165, 1.54) is 6.20 Å². The zero-order valence-corrected chi connectivity index (χ0v) is 22.7. The van der Waals surface area contributed by atoms with Crippen LogP contribution in [0.25, 0.3) is 11.4 Å². The highest BCUT2D eigenvalue weighted by molar-refractivity contribution is 5.69. The molecule has 206 valence electrons. The summed E-state index contributed by atoms with van der Waals surface area (Å²) in [5.74, 6) is 0.809. The molecule has 3 heterocycles. The molecule has 1 amide bonds. The zero-order chi connectivity index (χ0) is 28.1. The van der Waals surface area contributed by atoms with Crippen LogP contribution in [0.1, 0.15) is 52.1 Å². The molecule has 3 aromatic heterocycles. The SMILES string of the molecule is CC(C)(C)OC(=O)N[C@H]1CCCC[C@H]1Nc1cnc(C#N)c(Nc2cc(-n3cccn3)cc(-n3cccn3)c2)n1. The third kappa shape index (κ3) is 6.55. The number of amides is 1. The topological polar surface area (TPSA) is 148 Å². The van der Waals surface area contributed by atoms with Crippen molar-refractivity contribution in [3.8, 4) is 17.4 Å². The molecule has 0 unspecified atom stereocenters. The van der Waals surface area contributed by atoms with Crippen LogP contribution in [0, 0.1) is 11.3 Å². The number of carbonyl (C=O) groups is 1. The highest BCUT2D eigenvalue weighted by atomic mass is 16.6. The molecule has 2 atom stereocenters. The number of hydrogen-bond donors (Lipinski definition) is 3. The van der Waals surface area contributed by atoms with Crippen molar-refractivity contribution >= 4 is 23.4 Å². The molecule has 0 saturated heterocycles. The maximum Gasteiger partial charge on any atom is 0.407 e. The van der Waals surface area contributed by atoms with Crippen molar-refractivity contribution in [3.05, 3.63) is 67.0 Å². The number of nitrogens with zero attached hydrogens (tertiary/aromatic N) is 7.